The van der Waals surface area contributed by atoms with E-state index in [0.717, 1.165) is 32.4 Å². The number of nitrogens with zero attached hydrogens (tertiary/aromatic N) is 4. The van der Waals surface area contributed by atoms with Gasteiger partial charge in [-0.1, -0.05) is 0 Å². The van der Waals surface area contributed by atoms with E-state index < -0.39 is 5.82 Å². The van der Waals surface area contributed by atoms with Gasteiger partial charge in [0.1, 0.15) is 0 Å². The van der Waals surface area contributed by atoms with Gasteiger partial charge in [0, 0.05) is 26.2 Å². The number of likely N-dealkylation sites (N-methyl/N-ethyl adjacent to an activating group) is 1. The summed E-state index contributed by atoms with van der Waals surface area (Å²) in [5.74, 6) is 5.00. The molecule has 1 aliphatic rings. The van der Waals surface area contributed by atoms with E-state index in [4.69, 9.17) is 5.84 Å². The van der Waals surface area contributed by atoms with Crippen LogP contribution in [-0.2, 0) is 0 Å². The molecule has 0 amide bonds. The molecule has 7 nitrogen and oxygen atoms in total. The number of piperazine rings is 1. The Bertz CT molecular complexity index is 378. The molecule has 2 heterocycles. The molecule has 0 saturated carbocycles. The molecule has 1 fully saturated rings. The Hall–Kier alpha value is -1.51. The van der Waals surface area contributed by atoms with Crippen LogP contribution in [0.5, 0.6) is 0 Å². The molecule has 0 aromatic carbocycles. The van der Waals surface area contributed by atoms with Gasteiger partial charge in [-0.2, -0.15) is 4.98 Å². The number of halogens is 1. The van der Waals surface area contributed by atoms with Crippen LogP contribution in [0.4, 0.5) is 16.2 Å². The molecule has 0 aliphatic carbocycles. The van der Waals surface area contributed by atoms with Gasteiger partial charge in [0.25, 0.3) is 0 Å². The predicted molar refractivity (Wildman–Crippen MR) is 62.5 cm³/mol. The summed E-state index contributed by atoms with van der Waals surface area (Å²) in [4.78, 5) is 9.80. The van der Waals surface area contributed by atoms with E-state index in [2.05, 4.69) is 32.8 Å². The van der Waals surface area contributed by atoms with Crippen molar-refractivity contribution >= 4 is 11.8 Å². The predicted octanol–water partition coefficient (Wildman–Crippen LogP) is -0.524. The monoisotopic (exact) mass is 241 g/mol. The van der Waals surface area contributed by atoms with E-state index in [9.17, 15) is 4.39 Å². The first kappa shape index (κ1) is 12.0. The van der Waals surface area contributed by atoms with Crippen molar-refractivity contribution in [3.8, 4) is 0 Å². The van der Waals surface area contributed by atoms with Crippen molar-refractivity contribution in [3.63, 3.8) is 0 Å². The number of anilines is 2. The average molecular weight is 241 g/mol. The molecule has 0 unspecified atom stereocenters. The summed E-state index contributed by atoms with van der Waals surface area (Å²) in [5, 5.41) is 1.92. The van der Waals surface area contributed by atoms with Gasteiger partial charge >= 0.3 is 0 Å². The van der Waals surface area contributed by atoms with E-state index in [-0.39, 0.29) is 11.8 Å². The maximum absolute atomic E-state index is 13.4. The number of hydrogen-bond donors (Lipinski definition) is 3. The molecule has 2 rings (SSSR count). The third-order valence-electron chi connectivity index (χ3n) is 2.64. The normalized spacial score (nSPS) is 18.1. The molecule has 0 spiro atoms. The van der Waals surface area contributed by atoms with Crippen LogP contribution >= 0.6 is 0 Å². The molecular formula is C9H16FN7. The molecule has 1 aliphatic heterocycles. The van der Waals surface area contributed by atoms with Crippen LogP contribution in [-0.4, -0.2) is 53.1 Å². The lowest BCUT2D eigenvalue weighted by atomic mass is 10.4. The van der Waals surface area contributed by atoms with E-state index in [1.54, 1.807) is 0 Å². The Balaban J connectivity index is 2.02. The highest BCUT2D eigenvalue weighted by molar-refractivity contribution is 5.39. The summed E-state index contributed by atoms with van der Waals surface area (Å²) in [6.45, 7) is 3.49. The van der Waals surface area contributed by atoms with Gasteiger partial charge in [-0.05, 0) is 7.05 Å². The number of nitrogens with one attached hydrogen (secondary N) is 2. The van der Waals surface area contributed by atoms with Crippen LogP contribution in [0.1, 0.15) is 0 Å². The number of nitrogen functional groups attached to an aromatic ring is 1. The van der Waals surface area contributed by atoms with Crippen molar-refractivity contribution < 1.29 is 4.39 Å². The Labute approximate surface area is 98.8 Å². The molecule has 94 valence electrons. The van der Waals surface area contributed by atoms with Gasteiger partial charge < -0.3 is 10.3 Å². The highest BCUT2D eigenvalue weighted by Crippen LogP contribution is 2.12. The van der Waals surface area contributed by atoms with E-state index in [1.807, 2.05) is 5.01 Å². The Morgan fingerprint density at radius 2 is 2.06 bits per heavy atom. The van der Waals surface area contributed by atoms with Crippen LogP contribution in [0.3, 0.4) is 0 Å². The van der Waals surface area contributed by atoms with Crippen LogP contribution in [0.15, 0.2) is 6.20 Å². The van der Waals surface area contributed by atoms with Gasteiger partial charge in [-0.3, -0.25) is 5.43 Å². The van der Waals surface area contributed by atoms with E-state index >= 15 is 0 Å². The molecule has 0 radical (unpaired) electrons. The zero-order chi connectivity index (χ0) is 12.3. The van der Waals surface area contributed by atoms with Crippen LogP contribution in [0.2, 0.25) is 0 Å². The average Bonchev–Trinajstić information content (AvgIpc) is 2.35. The minimum Gasteiger partial charge on any atom is -0.304 e. The minimum absolute atomic E-state index is 0.137. The Kier molecular flexibility index (Phi) is 3.67. The summed E-state index contributed by atoms with van der Waals surface area (Å²) < 4.78 is 13.4. The fraction of sp³-hybridized carbons (Fsp3) is 0.556. The fourth-order valence-electron chi connectivity index (χ4n) is 1.58. The Morgan fingerprint density at radius 1 is 1.35 bits per heavy atom. The molecule has 8 heteroatoms. The van der Waals surface area contributed by atoms with Crippen molar-refractivity contribution in [1.29, 1.82) is 0 Å². The van der Waals surface area contributed by atoms with Gasteiger partial charge in [-0.15, -0.1) is 0 Å². The number of aromatic nitrogens is 2. The highest BCUT2D eigenvalue weighted by Gasteiger charge is 2.16. The number of hydrazine groups is 2. The van der Waals surface area contributed by atoms with Crippen molar-refractivity contribution in [2.24, 2.45) is 5.84 Å². The minimum atomic E-state index is -0.497. The third-order valence-corrected chi connectivity index (χ3v) is 2.64. The first-order chi connectivity index (χ1) is 8.19. The molecule has 1 saturated heterocycles. The zero-order valence-electron chi connectivity index (χ0n) is 9.65. The molecule has 1 aromatic heterocycles. The maximum atomic E-state index is 13.4. The lowest BCUT2D eigenvalue weighted by molar-refractivity contribution is 0.178. The third kappa shape index (κ3) is 2.99. The smallest absolute Gasteiger partial charge is 0.239 e. The quantitative estimate of drug-likeness (QED) is 0.485. The second kappa shape index (κ2) is 5.21. The van der Waals surface area contributed by atoms with Crippen molar-refractivity contribution in [3.05, 3.63) is 12.0 Å². The molecule has 0 bridgehead atoms. The van der Waals surface area contributed by atoms with Crippen molar-refractivity contribution in [1.82, 2.24) is 19.9 Å². The van der Waals surface area contributed by atoms with Crippen molar-refractivity contribution in [2.45, 2.75) is 0 Å². The lowest BCUT2D eigenvalue weighted by Gasteiger charge is -2.32. The second-order valence-electron chi connectivity index (χ2n) is 3.94. The number of nitrogens with two attached hydrogens (primary N) is 1. The van der Waals surface area contributed by atoms with Crippen molar-refractivity contribution in [2.75, 3.05) is 44.1 Å². The van der Waals surface area contributed by atoms with Crippen LogP contribution in [0, 0.1) is 5.82 Å². The zero-order valence-corrected chi connectivity index (χ0v) is 9.65. The first-order valence-corrected chi connectivity index (χ1v) is 5.38. The summed E-state index contributed by atoms with van der Waals surface area (Å²) in [6.07, 6.45) is 1.08. The van der Waals surface area contributed by atoms with Gasteiger partial charge in [-0.25, -0.2) is 20.2 Å². The standard InChI is InChI=1S/C9H16FN7/c1-16-2-4-17(5-3-16)15-8-7(10)6-12-9(13-8)14-11/h6H,2-5,11H2,1H3,(H2,12,13,14,15). The highest BCUT2D eigenvalue weighted by atomic mass is 19.1. The SMILES string of the molecule is CN1CCN(Nc2nc(NN)ncc2F)CC1. The largest absolute Gasteiger partial charge is 0.304 e. The van der Waals surface area contributed by atoms with Gasteiger partial charge in [0.2, 0.25) is 5.95 Å². The fourth-order valence-corrected chi connectivity index (χ4v) is 1.58. The second-order valence-corrected chi connectivity index (χ2v) is 3.94. The summed E-state index contributed by atoms with van der Waals surface area (Å²) in [7, 11) is 2.05. The molecule has 17 heavy (non-hydrogen) atoms. The Morgan fingerprint density at radius 3 is 2.71 bits per heavy atom. The van der Waals surface area contributed by atoms with Crippen LogP contribution in [0.25, 0.3) is 0 Å². The molecule has 1 aromatic rings. The molecule has 4 N–H and O–H groups in total. The van der Waals surface area contributed by atoms with Gasteiger partial charge in [0.05, 0.1) is 6.20 Å². The summed E-state index contributed by atoms with van der Waals surface area (Å²) >= 11 is 0. The lowest BCUT2D eigenvalue weighted by Crippen LogP contribution is -2.47. The first-order valence-electron chi connectivity index (χ1n) is 5.38. The maximum Gasteiger partial charge on any atom is 0.239 e. The molecule has 0 atom stereocenters. The van der Waals surface area contributed by atoms with E-state index in [1.165, 1.54) is 0 Å². The number of rotatable bonds is 3. The topological polar surface area (TPSA) is 82.3 Å². The number of hydrogen-bond acceptors (Lipinski definition) is 7. The summed E-state index contributed by atoms with van der Waals surface area (Å²) in [6, 6.07) is 0. The van der Waals surface area contributed by atoms with Gasteiger partial charge in [0.15, 0.2) is 11.6 Å². The molecular weight excluding hydrogens is 225 g/mol. The van der Waals surface area contributed by atoms with Crippen LogP contribution < -0.4 is 16.7 Å². The van der Waals surface area contributed by atoms with E-state index in [0.29, 0.717) is 0 Å². The summed E-state index contributed by atoms with van der Waals surface area (Å²) in [5.41, 5.74) is 5.21.